The molecule has 5 nitrogen and oxygen atoms in total. The molecule has 3 aromatic carbocycles. The lowest BCUT2D eigenvalue weighted by molar-refractivity contribution is 0.253. The summed E-state index contributed by atoms with van der Waals surface area (Å²) < 4.78 is 27.4. The Bertz CT molecular complexity index is 1180. The first-order valence-corrected chi connectivity index (χ1v) is 11.2. The van der Waals surface area contributed by atoms with E-state index in [1.54, 1.807) is 54.6 Å². The first-order chi connectivity index (χ1) is 14.2. The molecule has 0 fully saturated rings. The first-order valence-electron chi connectivity index (χ1n) is 9.80. The third-order valence-electron chi connectivity index (χ3n) is 5.23. The van der Waals surface area contributed by atoms with Gasteiger partial charge in [0, 0.05) is 0 Å². The molecule has 0 spiro atoms. The van der Waals surface area contributed by atoms with Crippen molar-refractivity contribution in [1.82, 2.24) is 0 Å². The van der Waals surface area contributed by atoms with E-state index in [4.69, 9.17) is 0 Å². The maximum absolute atomic E-state index is 13.4. The van der Waals surface area contributed by atoms with Crippen LogP contribution < -0.4 is 9.21 Å². The van der Waals surface area contributed by atoms with E-state index in [0.717, 1.165) is 9.87 Å². The fourth-order valence-electron chi connectivity index (χ4n) is 3.57. The molecule has 3 aromatic rings. The van der Waals surface area contributed by atoms with Crippen molar-refractivity contribution in [3.8, 4) is 0 Å². The second-order valence-electron chi connectivity index (χ2n) is 8.39. The SMILES string of the molecule is CC(C)(C)c1ccc(CN2C(=O)N(c3ccccc3)S(=O)(=O)c3ccccc32)cc1. The smallest absolute Gasteiger partial charge is 0.287 e. The number of anilines is 2. The molecule has 0 bridgehead atoms. The fraction of sp³-hybridized carbons (Fsp3) is 0.208. The van der Waals surface area contributed by atoms with E-state index in [0.29, 0.717) is 11.4 Å². The van der Waals surface area contributed by atoms with Crippen LogP contribution in [0.3, 0.4) is 0 Å². The zero-order chi connectivity index (χ0) is 21.5. The number of rotatable bonds is 3. The zero-order valence-corrected chi connectivity index (χ0v) is 18.1. The Morgan fingerprint density at radius 3 is 2.03 bits per heavy atom. The summed E-state index contributed by atoms with van der Waals surface area (Å²) in [5, 5.41) is 0. The monoisotopic (exact) mass is 420 g/mol. The second-order valence-corrected chi connectivity index (χ2v) is 10.1. The Morgan fingerprint density at radius 1 is 0.800 bits per heavy atom. The minimum absolute atomic E-state index is 0.0320. The lowest BCUT2D eigenvalue weighted by Gasteiger charge is -2.36. The fourth-order valence-corrected chi connectivity index (χ4v) is 5.16. The van der Waals surface area contributed by atoms with Crippen molar-refractivity contribution in [1.29, 1.82) is 0 Å². The Hall–Kier alpha value is -3.12. The molecule has 0 radical (unpaired) electrons. The van der Waals surface area contributed by atoms with Crippen LogP contribution in [0.4, 0.5) is 16.2 Å². The lowest BCUT2D eigenvalue weighted by atomic mass is 9.87. The van der Waals surface area contributed by atoms with Gasteiger partial charge in [0.2, 0.25) is 0 Å². The number of hydrogen-bond acceptors (Lipinski definition) is 3. The molecule has 2 amide bonds. The van der Waals surface area contributed by atoms with Crippen LogP contribution in [0.25, 0.3) is 0 Å². The summed E-state index contributed by atoms with van der Waals surface area (Å²) in [4.78, 5) is 15.1. The molecule has 4 rings (SSSR count). The Kier molecular flexibility index (Phi) is 4.90. The molecule has 0 saturated carbocycles. The number of carbonyl (C=O) groups is 1. The summed E-state index contributed by atoms with van der Waals surface area (Å²) in [6, 6.07) is 22.6. The van der Waals surface area contributed by atoms with Crippen molar-refractivity contribution in [2.24, 2.45) is 0 Å². The van der Waals surface area contributed by atoms with Gasteiger partial charge in [0.05, 0.1) is 17.9 Å². The average Bonchev–Trinajstić information content (AvgIpc) is 2.71. The first kappa shape index (κ1) is 20.2. The second kappa shape index (κ2) is 7.29. The number of para-hydroxylation sites is 2. The van der Waals surface area contributed by atoms with Crippen LogP contribution in [0.5, 0.6) is 0 Å². The summed E-state index contributed by atoms with van der Waals surface area (Å²) >= 11 is 0. The van der Waals surface area contributed by atoms with Crippen LogP contribution in [0, 0.1) is 0 Å². The van der Waals surface area contributed by atoms with Gasteiger partial charge in [0.15, 0.2) is 0 Å². The Balaban J connectivity index is 1.78. The molecule has 0 N–H and O–H groups in total. The topological polar surface area (TPSA) is 57.7 Å². The highest BCUT2D eigenvalue weighted by atomic mass is 32.2. The maximum atomic E-state index is 13.4. The van der Waals surface area contributed by atoms with Crippen LogP contribution in [-0.2, 0) is 22.0 Å². The summed E-state index contributed by atoms with van der Waals surface area (Å²) in [7, 11) is -3.99. The third kappa shape index (κ3) is 3.48. The van der Waals surface area contributed by atoms with Gasteiger partial charge in [-0.05, 0) is 40.8 Å². The minimum atomic E-state index is -3.99. The van der Waals surface area contributed by atoms with Gasteiger partial charge in [-0.15, -0.1) is 0 Å². The summed E-state index contributed by atoms with van der Waals surface area (Å²) in [5.41, 5.74) is 2.88. The Morgan fingerprint density at radius 2 is 1.40 bits per heavy atom. The third-order valence-corrected chi connectivity index (χ3v) is 6.98. The number of amides is 2. The molecule has 1 aliphatic heterocycles. The van der Waals surface area contributed by atoms with E-state index in [1.165, 1.54) is 10.5 Å². The summed E-state index contributed by atoms with van der Waals surface area (Å²) in [5.74, 6) is 0. The van der Waals surface area contributed by atoms with Crippen molar-refractivity contribution >= 4 is 27.4 Å². The maximum Gasteiger partial charge on any atom is 0.343 e. The number of carbonyl (C=O) groups excluding carboxylic acids is 1. The number of hydrogen-bond donors (Lipinski definition) is 0. The van der Waals surface area contributed by atoms with Crippen molar-refractivity contribution in [2.45, 2.75) is 37.6 Å². The predicted octanol–water partition coefficient (Wildman–Crippen LogP) is 5.32. The van der Waals surface area contributed by atoms with Crippen molar-refractivity contribution in [2.75, 3.05) is 9.21 Å². The van der Waals surface area contributed by atoms with E-state index < -0.39 is 16.1 Å². The zero-order valence-electron chi connectivity index (χ0n) is 17.2. The molecule has 0 atom stereocenters. The predicted molar refractivity (Wildman–Crippen MR) is 119 cm³/mol. The molecule has 0 aliphatic carbocycles. The number of benzene rings is 3. The van der Waals surface area contributed by atoms with Crippen LogP contribution in [0.1, 0.15) is 31.9 Å². The van der Waals surface area contributed by atoms with Crippen molar-refractivity contribution in [3.05, 3.63) is 90.0 Å². The van der Waals surface area contributed by atoms with Crippen LogP contribution in [0.2, 0.25) is 0 Å². The highest BCUT2D eigenvalue weighted by Gasteiger charge is 2.42. The van der Waals surface area contributed by atoms with Crippen molar-refractivity contribution < 1.29 is 13.2 Å². The van der Waals surface area contributed by atoms with E-state index in [2.05, 4.69) is 32.9 Å². The van der Waals surface area contributed by atoms with Gasteiger partial charge in [-0.1, -0.05) is 75.4 Å². The molecular weight excluding hydrogens is 396 g/mol. The average molecular weight is 421 g/mol. The molecular formula is C24H24N2O3S. The summed E-state index contributed by atoms with van der Waals surface area (Å²) in [6.45, 7) is 6.72. The molecule has 0 aromatic heterocycles. The van der Waals surface area contributed by atoms with Gasteiger partial charge in [-0.3, -0.25) is 4.90 Å². The summed E-state index contributed by atoms with van der Waals surface area (Å²) in [6.07, 6.45) is 0. The van der Waals surface area contributed by atoms with E-state index in [-0.39, 0.29) is 16.9 Å². The molecule has 1 aliphatic rings. The number of fused-ring (bicyclic) bond motifs is 1. The molecule has 0 unspecified atom stereocenters. The molecule has 154 valence electrons. The van der Waals surface area contributed by atoms with Gasteiger partial charge in [0.25, 0.3) is 10.0 Å². The standard InChI is InChI=1S/C24H24N2O3S/c1-24(2,3)19-15-13-18(14-16-19)17-25-21-11-7-8-12-22(21)30(28,29)26(23(25)27)20-9-5-4-6-10-20/h4-16H,17H2,1-3H3. The van der Waals surface area contributed by atoms with E-state index in [9.17, 15) is 13.2 Å². The van der Waals surface area contributed by atoms with Crippen LogP contribution in [0.15, 0.2) is 83.8 Å². The van der Waals surface area contributed by atoms with Gasteiger partial charge in [-0.2, -0.15) is 4.31 Å². The van der Waals surface area contributed by atoms with E-state index in [1.807, 2.05) is 12.1 Å². The number of urea groups is 1. The van der Waals surface area contributed by atoms with Gasteiger partial charge >= 0.3 is 6.03 Å². The highest BCUT2D eigenvalue weighted by molar-refractivity contribution is 7.94. The largest absolute Gasteiger partial charge is 0.343 e. The van der Waals surface area contributed by atoms with Crippen molar-refractivity contribution in [3.63, 3.8) is 0 Å². The highest BCUT2D eigenvalue weighted by Crippen LogP contribution is 2.37. The number of sulfonamides is 1. The van der Waals surface area contributed by atoms with Crippen LogP contribution in [-0.4, -0.2) is 14.4 Å². The lowest BCUT2D eigenvalue weighted by Crippen LogP contribution is -2.50. The minimum Gasteiger partial charge on any atom is -0.287 e. The molecule has 30 heavy (non-hydrogen) atoms. The van der Waals surface area contributed by atoms with Gasteiger partial charge in [0.1, 0.15) is 4.90 Å². The van der Waals surface area contributed by atoms with Gasteiger partial charge in [-0.25, -0.2) is 13.2 Å². The molecule has 1 heterocycles. The molecule has 0 saturated heterocycles. The molecule has 6 heteroatoms. The number of nitrogens with zero attached hydrogens (tertiary/aromatic N) is 2. The van der Waals surface area contributed by atoms with E-state index >= 15 is 0 Å². The normalized spacial score (nSPS) is 15.8. The van der Waals surface area contributed by atoms with Crippen LogP contribution >= 0.6 is 0 Å². The van der Waals surface area contributed by atoms with Gasteiger partial charge < -0.3 is 0 Å². The Labute approximate surface area is 177 Å². The quantitative estimate of drug-likeness (QED) is 0.576.